The van der Waals surface area contributed by atoms with Crippen LogP contribution in [0.25, 0.3) is 0 Å². The molecule has 7 nitrogen and oxygen atoms in total. The molecule has 1 aromatic heterocycles. The number of benzene rings is 1. The standard InChI is InChI=1S/C18H23N5O2/c1-12-5-4-6-22(10-12)18-16(23(24)25)17(19-11-20-18)21-15-8-13(2)7-14(3)9-15/h7-9,11-12H,4-6,10H2,1-3H3,(H,19,20,21). The predicted octanol–water partition coefficient (Wildman–Crippen LogP) is 3.98. The SMILES string of the molecule is Cc1cc(C)cc(Nc2ncnc(N3CCCC(C)C3)c2[N+](=O)[O-])c1. The summed E-state index contributed by atoms with van der Waals surface area (Å²) >= 11 is 0. The molecule has 0 bridgehead atoms. The number of aromatic nitrogens is 2. The molecule has 1 aliphatic rings. The number of nitrogens with zero attached hydrogens (tertiary/aromatic N) is 4. The Bertz CT molecular complexity index is 773. The highest BCUT2D eigenvalue weighted by Crippen LogP contribution is 2.35. The van der Waals surface area contributed by atoms with E-state index in [9.17, 15) is 10.1 Å². The number of piperidine rings is 1. The van der Waals surface area contributed by atoms with Crippen molar-refractivity contribution >= 4 is 23.0 Å². The number of rotatable bonds is 4. The average molecular weight is 341 g/mol. The van der Waals surface area contributed by atoms with Gasteiger partial charge in [-0.15, -0.1) is 0 Å². The van der Waals surface area contributed by atoms with Gasteiger partial charge in [-0.3, -0.25) is 10.1 Å². The van der Waals surface area contributed by atoms with Crippen molar-refractivity contribution in [2.75, 3.05) is 23.3 Å². The molecular weight excluding hydrogens is 318 g/mol. The van der Waals surface area contributed by atoms with Crippen molar-refractivity contribution in [3.05, 3.63) is 45.8 Å². The zero-order valence-electron chi connectivity index (χ0n) is 14.8. The van der Waals surface area contributed by atoms with Gasteiger partial charge >= 0.3 is 5.69 Å². The monoisotopic (exact) mass is 341 g/mol. The largest absolute Gasteiger partial charge is 0.353 e. The normalized spacial score (nSPS) is 17.4. The van der Waals surface area contributed by atoms with Gasteiger partial charge in [-0.25, -0.2) is 9.97 Å². The Morgan fingerprint density at radius 3 is 2.60 bits per heavy atom. The van der Waals surface area contributed by atoms with Crippen molar-refractivity contribution < 1.29 is 4.92 Å². The quantitative estimate of drug-likeness (QED) is 0.669. The molecule has 3 rings (SSSR count). The van der Waals surface area contributed by atoms with Crippen molar-refractivity contribution in [3.63, 3.8) is 0 Å². The van der Waals surface area contributed by atoms with Crippen LogP contribution in [0.1, 0.15) is 30.9 Å². The van der Waals surface area contributed by atoms with Crippen LogP contribution < -0.4 is 10.2 Å². The first-order valence-corrected chi connectivity index (χ1v) is 8.53. The zero-order valence-corrected chi connectivity index (χ0v) is 14.8. The first kappa shape index (κ1) is 17.1. The molecule has 1 aromatic carbocycles. The molecule has 0 spiro atoms. The summed E-state index contributed by atoms with van der Waals surface area (Å²) in [5.74, 6) is 1.14. The fraction of sp³-hybridized carbons (Fsp3) is 0.444. The zero-order chi connectivity index (χ0) is 18.0. The molecule has 1 fully saturated rings. The van der Waals surface area contributed by atoms with Gasteiger partial charge in [0.25, 0.3) is 0 Å². The number of aryl methyl sites for hydroxylation is 2. The summed E-state index contributed by atoms with van der Waals surface area (Å²) in [6.07, 6.45) is 3.55. The van der Waals surface area contributed by atoms with E-state index >= 15 is 0 Å². The Hall–Kier alpha value is -2.70. The maximum Gasteiger partial charge on any atom is 0.353 e. The van der Waals surface area contributed by atoms with Crippen molar-refractivity contribution in [3.8, 4) is 0 Å². The lowest BCUT2D eigenvalue weighted by atomic mass is 10.0. The first-order valence-electron chi connectivity index (χ1n) is 8.53. The number of anilines is 3. The second-order valence-corrected chi connectivity index (χ2v) is 6.85. The van der Waals surface area contributed by atoms with E-state index in [2.05, 4.69) is 28.3 Å². The lowest BCUT2D eigenvalue weighted by molar-refractivity contribution is -0.383. The van der Waals surface area contributed by atoms with Crippen molar-refractivity contribution in [1.82, 2.24) is 9.97 Å². The number of nitrogens with one attached hydrogen (secondary N) is 1. The molecule has 0 aliphatic carbocycles. The van der Waals surface area contributed by atoms with Gasteiger partial charge in [0.2, 0.25) is 11.6 Å². The molecule has 1 aliphatic heterocycles. The smallest absolute Gasteiger partial charge is 0.350 e. The lowest BCUT2D eigenvalue weighted by Gasteiger charge is -2.31. The van der Waals surface area contributed by atoms with Crippen LogP contribution in [0.5, 0.6) is 0 Å². The van der Waals surface area contributed by atoms with Crippen LogP contribution >= 0.6 is 0 Å². The van der Waals surface area contributed by atoms with E-state index in [-0.39, 0.29) is 16.4 Å². The summed E-state index contributed by atoms with van der Waals surface area (Å²) in [4.78, 5) is 21.7. The summed E-state index contributed by atoms with van der Waals surface area (Å²) < 4.78 is 0. The Morgan fingerprint density at radius 1 is 1.24 bits per heavy atom. The van der Waals surface area contributed by atoms with Crippen LogP contribution in [-0.2, 0) is 0 Å². The highest BCUT2D eigenvalue weighted by molar-refractivity contribution is 5.74. The van der Waals surface area contributed by atoms with E-state index in [1.165, 1.54) is 6.33 Å². The topological polar surface area (TPSA) is 84.2 Å². The minimum atomic E-state index is -0.389. The lowest BCUT2D eigenvalue weighted by Crippen LogP contribution is -2.35. The molecule has 1 unspecified atom stereocenters. The molecule has 2 aromatic rings. The Labute approximate surface area is 147 Å². The van der Waals surface area contributed by atoms with E-state index in [1.54, 1.807) is 0 Å². The number of hydrogen-bond acceptors (Lipinski definition) is 6. The van der Waals surface area contributed by atoms with E-state index in [1.807, 2.05) is 30.9 Å². The second kappa shape index (κ2) is 7.04. The molecule has 132 valence electrons. The fourth-order valence-electron chi connectivity index (χ4n) is 3.43. The Kier molecular flexibility index (Phi) is 4.83. The molecule has 2 heterocycles. The third kappa shape index (κ3) is 3.87. The third-order valence-corrected chi connectivity index (χ3v) is 4.43. The summed E-state index contributed by atoms with van der Waals surface area (Å²) in [5, 5.41) is 14.9. The fourth-order valence-corrected chi connectivity index (χ4v) is 3.43. The van der Waals surface area contributed by atoms with E-state index < -0.39 is 0 Å². The van der Waals surface area contributed by atoms with Crippen LogP contribution in [0.15, 0.2) is 24.5 Å². The van der Waals surface area contributed by atoms with Crippen molar-refractivity contribution in [2.45, 2.75) is 33.6 Å². The van der Waals surface area contributed by atoms with Crippen LogP contribution in [0.4, 0.5) is 23.0 Å². The van der Waals surface area contributed by atoms with Gasteiger partial charge in [-0.2, -0.15) is 0 Å². The maximum absolute atomic E-state index is 11.7. The second-order valence-electron chi connectivity index (χ2n) is 6.85. The summed E-state index contributed by atoms with van der Waals surface area (Å²) in [5.41, 5.74) is 2.90. The van der Waals surface area contributed by atoms with Crippen LogP contribution in [0.2, 0.25) is 0 Å². The van der Waals surface area contributed by atoms with Gasteiger partial charge in [0.15, 0.2) is 0 Å². The number of hydrogen-bond donors (Lipinski definition) is 1. The summed E-state index contributed by atoms with van der Waals surface area (Å²) in [7, 11) is 0. The Balaban J connectivity index is 1.99. The van der Waals surface area contributed by atoms with Crippen molar-refractivity contribution in [2.24, 2.45) is 5.92 Å². The van der Waals surface area contributed by atoms with Crippen LogP contribution in [0, 0.1) is 29.9 Å². The summed E-state index contributed by atoms with van der Waals surface area (Å²) in [6, 6.07) is 5.95. The third-order valence-electron chi connectivity index (χ3n) is 4.43. The molecule has 7 heteroatoms. The van der Waals surface area contributed by atoms with Crippen molar-refractivity contribution in [1.29, 1.82) is 0 Å². The van der Waals surface area contributed by atoms with Gasteiger partial charge in [-0.1, -0.05) is 13.0 Å². The molecular formula is C18H23N5O2. The highest BCUT2D eigenvalue weighted by atomic mass is 16.6. The first-order chi connectivity index (χ1) is 11.9. The molecule has 1 N–H and O–H groups in total. The van der Waals surface area contributed by atoms with E-state index in [0.29, 0.717) is 11.7 Å². The molecule has 0 saturated carbocycles. The Morgan fingerprint density at radius 2 is 1.96 bits per heavy atom. The van der Waals surface area contributed by atoms with Gasteiger partial charge in [-0.05, 0) is 55.9 Å². The van der Waals surface area contributed by atoms with Gasteiger partial charge < -0.3 is 10.2 Å². The predicted molar refractivity (Wildman–Crippen MR) is 98.5 cm³/mol. The van der Waals surface area contributed by atoms with E-state index in [4.69, 9.17) is 0 Å². The molecule has 0 radical (unpaired) electrons. The van der Waals surface area contributed by atoms with Gasteiger partial charge in [0.05, 0.1) is 4.92 Å². The molecule has 1 saturated heterocycles. The minimum Gasteiger partial charge on any atom is -0.350 e. The van der Waals surface area contributed by atoms with Gasteiger partial charge in [0.1, 0.15) is 6.33 Å². The summed E-state index contributed by atoms with van der Waals surface area (Å²) in [6.45, 7) is 7.71. The number of nitro groups is 1. The average Bonchev–Trinajstić information content (AvgIpc) is 2.53. The van der Waals surface area contributed by atoms with Crippen LogP contribution in [0.3, 0.4) is 0 Å². The van der Waals surface area contributed by atoms with Gasteiger partial charge in [0, 0.05) is 18.8 Å². The minimum absolute atomic E-state index is 0.0595. The molecule has 0 amide bonds. The van der Waals surface area contributed by atoms with E-state index in [0.717, 1.165) is 42.7 Å². The van der Waals surface area contributed by atoms with Crippen LogP contribution in [-0.4, -0.2) is 28.0 Å². The molecule has 25 heavy (non-hydrogen) atoms. The maximum atomic E-state index is 11.7. The molecule has 1 atom stereocenters. The highest BCUT2D eigenvalue weighted by Gasteiger charge is 2.29.